The summed E-state index contributed by atoms with van der Waals surface area (Å²) in [5.74, 6) is 0.824. The fourth-order valence-electron chi connectivity index (χ4n) is 3.40. The number of carbonyl (C=O) groups excluding carboxylic acids is 1. The van der Waals surface area contributed by atoms with Crippen LogP contribution in [0.5, 0.6) is 0 Å². The number of pyridine rings is 1. The van der Waals surface area contributed by atoms with Gasteiger partial charge in [0.15, 0.2) is 11.5 Å². The third kappa shape index (κ3) is 3.53. The number of aromatic nitrogens is 3. The molecule has 1 atom stereocenters. The fourth-order valence-corrected chi connectivity index (χ4v) is 3.40. The van der Waals surface area contributed by atoms with Gasteiger partial charge in [-0.3, -0.25) is 9.89 Å². The lowest BCUT2D eigenvalue weighted by molar-refractivity contribution is -0.155. The Morgan fingerprint density at radius 1 is 1.38 bits per heavy atom. The second kappa shape index (κ2) is 7.23. The summed E-state index contributed by atoms with van der Waals surface area (Å²) in [6, 6.07) is 4.31. The van der Waals surface area contributed by atoms with Crippen molar-refractivity contribution in [2.75, 3.05) is 19.0 Å². The van der Waals surface area contributed by atoms with Gasteiger partial charge in [0.1, 0.15) is 5.60 Å². The summed E-state index contributed by atoms with van der Waals surface area (Å²) in [7, 11) is 1.58. The zero-order valence-corrected chi connectivity index (χ0v) is 16.3. The maximum absolute atomic E-state index is 13.0. The Labute approximate surface area is 154 Å². The van der Waals surface area contributed by atoms with Crippen molar-refractivity contribution in [1.82, 2.24) is 20.1 Å². The van der Waals surface area contributed by atoms with Gasteiger partial charge in [0, 0.05) is 19.7 Å². The number of hydrogen-bond acceptors (Lipinski definition) is 5. The molecule has 1 aliphatic heterocycles. The van der Waals surface area contributed by atoms with Crippen LogP contribution in [0.4, 0.5) is 5.82 Å². The molecule has 0 aliphatic carbocycles. The smallest absolute Gasteiger partial charge is 0.254 e. The standard InChI is InChI=1S/C19H29N5O2/c1-12(2)20-16-13-9-10-14(21-17(13)23-22-16)15-8-6-7-11-24(15)18(25)19(3,4)26-5/h9-10,12,15H,6-8,11H2,1-5H3,(H2,20,21,22,23). The van der Waals surface area contributed by atoms with Crippen molar-refractivity contribution in [3.05, 3.63) is 17.8 Å². The fraction of sp³-hybridized carbons (Fsp3) is 0.632. The van der Waals surface area contributed by atoms with E-state index < -0.39 is 5.60 Å². The molecular formula is C19H29N5O2. The highest BCUT2D eigenvalue weighted by molar-refractivity contribution is 5.87. The molecule has 1 aliphatic rings. The number of likely N-dealkylation sites (tertiary alicyclic amines) is 1. The maximum Gasteiger partial charge on any atom is 0.254 e. The summed E-state index contributed by atoms with van der Waals surface area (Å²) in [5, 5.41) is 11.6. The maximum atomic E-state index is 13.0. The number of piperidine rings is 1. The zero-order chi connectivity index (χ0) is 18.9. The van der Waals surface area contributed by atoms with E-state index in [0.29, 0.717) is 6.04 Å². The van der Waals surface area contributed by atoms with Crippen LogP contribution in [0, 0.1) is 0 Å². The molecule has 0 saturated carbocycles. The summed E-state index contributed by atoms with van der Waals surface area (Å²) in [6.07, 6.45) is 3.01. The van der Waals surface area contributed by atoms with Crippen LogP contribution in [0.15, 0.2) is 12.1 Å². The van der Waals surface area contributed by atoms with E-state index in [-0.39, 0.29) is 11.9 Å². The largest absolute Gasteiger partial charge is 0.369 e. The first-order valence-corrected chi connectivity index (χ1v) is 9.31. The second-order valence-electron chi connectivity index (χ2n) is 7.73. The second-order valence-corrected chi connectivity index (χ2v) is 7.73. The van der Waals surface area contributed by atoms with Crippen LogP contribution in [0.3, 0.4) is 0 Å². The van der Waals surface area contributed by atoms with Crippen LogP contribution in [-0.2, 0) is 9.53 Å². The quantitative estimate of drug-likeness (QED) is 0.856. The van der Waals surface area contributed by atoms with Crippen LogP contribution < -0.4 is 5.32 Å². The van der Waals surface area contributed by atoms with Crippen molar-refractivity contribution in [1.29, 1.82) is 0 Å². The minimum atomic E-state index is -0.831. The summed E-state index contributed by atoms with van der Waals surface area (Å²) in [4.78, 5) is 19.7. The number of hydrogen-bond donors (Lipinski definition) is 2. The average Bonchev–Trinajstić information content (AvgIpc) is 3.02. The van der Waals surface area contributed by atoms with Gasteiger partial charge < -0.3 is 15.0 Å². The van der Waals surface area contributed by atoms with Crippen molar-refractivity contribution in [2.45, 2.75) is 64.6 Å². The normalized spacial score (nSPS) is 18.5. The van der Waals surface area contributed by atoms with Gasteiger partial charge in [-0.2, -0.15) is 5.10 Å². The number of H-pyrrole nitrogens is 1. The monoisotopic (exact) mass is 359 g/mol. The molecule has 26 heavy (non-hydrogen) atoms. The first-order valence-electron chi connectivity index (χ1n) is 9.31. The van der Waals surface area contributed by atoms with E-state index in [1.54, 1.807) is 7.11 Å². The van der Waals surface area contributed by atoms with Crippen LogP contribution in [0.25, 0.3) is 11.0 Å². The average molecular weight is 359 g/mol. The Bertz CT molecular complexity index is 783. The van der Waals surface area contributed by atoms with Crippen LogP contribution in [0.1, 0.15) is 58.7 Å². The zero-order valence-electron chi connectivity index (χ0n) is 16.3. The Kier molecular flexibility index (Phi) is 5.18. The van der Waals surface area contributed by atoms with Crippen molar-refractivity contribution in [2.24, 2.45) is 0 Å². The van der Waals surface area contributed by atoms with Gasteiger partial charge >= 0.3 is 0 Å². The van der Waals surface area contributed by atoms with E-state index in [0.717, 1.165) is 48.4 Å². The minimum absolute atomic E-state index is 0.0124. The Balaban J connectivity index is 1.91. The van der Waals surface area contributed by atoms with Crippen LogP contribution in [0.2, 0.25) is 0 Å². The van der Waals surface area contributed by atoms with E-state index in [1.165, 1.54) is 0 Å². The number of fused-ring (bicyclic) bond motifs is 1. The lowest BCUT2D eigenvalue weighted by atomic mass is 9.95. The number of ether oxygens (including phenoxy) is 1. The molecule has 1 saturated heterocycles. The third-order valence-electron chi connectivity index (χ3n) is 5.00. The number of methoxy groups -OCH3 is 1. The van der Waals surface area contributed by atoms with Gasteiger partial charge in [0.2, 0.25) is 0 Å². The highest BCUT2D eigenvalue weighted by Crippen LogP contribution is 2.33. The first kappa shape index (κ1) is 18.6. The van der Waals surface area contributed by atoms with Gasteiger partial charge in [-0.25, -0.2) is 4.98 Å². The van der Waals surface area contributed by atoms with Crippen molar-refractivity contribution in [3.63, 3.8) is 0 Å². The highest BCUT2D eigenvalue weighted by atomic mass is 16.5. The highest BCUT2D eigenvalue weighted by Gasteiger charge is 2.37. The number of carbonyl (C=O) groups is 1. The Hall–Kier alpha value is -2.15. The molecule has 2 aromatic heterocycles. The molecule has 1 fully saturated rings. The summed E-state index contributed by atoms with van der Waals surface area (Å²) in [5.41, 5.74) is 0.814. The molecule has 0 bridgehead atoms. The van der Waals surface area contributed by atoms with Crippen LogP contribution in [-0.4, -0.2) is 51.3 Å². The number of aromatic amines is 1. The molecular weight excluding hydrogens is 330 g/mol. The third-order valence-corrected chi connectivity index (χ3v) is 5.00. The van der Waals surface area contributed by atoms with E-state index in [4.69, 9.17) is 9.72 Å². The SMILES string of the molecule is COC(C)(C)C(=O)N1CCCCC1c1ccc2c(NC(C)C)n[nH]c2n1. The summed E-state index contributed by atoms with van der Waals surface area (Å²) < 4.78 is 5.41. The molecule has 7 nitrogen and oxygen atoms in total. The number of rotatable bonds is 5. The van der Waals surface area contributed by atoms with Crippen molar-refractivity contribution in [3.8, 4) is 0 Å². The predicted molar refractivity (Wildman–Crippen MR) is 102 cm³/mol. The van der Waals surface area contributed by atoms with Crippen molar-refractivity contribution < 1.29 is 9.53 Å². The molecule has 0 aromatic carbocycles. The van der Waals surface area contributed by atoms with E-state index in [9.17, 15) is 4.79 Å². The minimum Gasteiger partial charge on any atom is -0.369 e. The predicted octanol–water partition coefficient (Wildman–Crippen LogP) is 3.26. The Morgan fingerprint density at radius 3 is 2.85 bits per heavy atom. The molecule has 2 aromatic rings. The molecule has 0 radical (unpaired) electrons. The number of nitrogens with zero attached hydrogens (tertiary/aromatic N) is 3. The molecule has 2 N–H and O–H groups in total. The lowest BCUT2D eigenvalue weighted by Gasteiger charge is -2.39. The molecule has 0 spiro atoms. The van der Waals surface area contributed by atoms with Gasteiger partial charge in [-0.15, -0.1) is 0 Å². The van der Waals surface area contributed by atoms with Crippen LogP contribution >= 0.6 is 0 Å². The first-order chi connectivity index (χ1) is 12.3. The lowest BCUT2D eigenvalue weighted by Crippen LogP contribution is -2.49. The van der Waals surface area contributed by atoms with E-state index in [1.807, 2.05) is 30.9 Å². The number of amides is 1. The van der Waals surface area contributed by atoms with E-state index in [2.05, 4.69) is 29.4 Å². The molecule has 1 unspecified atom stereocenters. The molecule has 142 valence electrons. The van der Waals surface area contributed by atoms with Gasteiger partial charge in [-0.1, -0.05) is 0 Å². The number of anilines is 1. The molecule has 7 heteroatoms. The topological polar surface area (TPSA) is 83.1 Å². The molecule has 3 rings (SSSR count). The van der Waals surface area contributed by atoms with Gasteiger partial charge in [0.05, 0.1) is 17.1 Å². The Morgan fingerprint density at radius 2 is 2.15 bits per heavy atom. The summed E-state index contributed by atoms with van der Waals surface area (Å²) >= 11 is 0. The van der Waals surface area contributed by atoms with Gasteiger partial charge in [0.25, 0.3) is 5.91 Å². The molecule has 3 heterocycles. The summed E-state index contributed by atoms with van der Waals surface area (Å²) in [6.45, 7) is 8.52. The van der Waals surface area contributed by atoms with Gasteiger partial charge in [-0.05, 0) is 59.1 Å². The number of nitrogens with one attached hydrogen (secondary N) is 2. The molecule has 1 amide bonds. The van der Waals surface area contributed by atoms with E-state index >= 15 is 0 Å². The van der Waals surface area contributed by atoms with Crippen molar-refractivity contribution >= 4 is 22.8 Å².